The molecule has 7 nitrogen and oxygen atoms in total. The summed E-state index contributed by atoms with van der Waals surface area (Å²) in [6.07, 6.45) is 1.47. The molecule has 0 fully saturated rings. The number of para-hydroxylation sites is 1. The maximum Gasteiger partial charge on any atom is 0.271 e. The number of amides is 1. The summed E-state index contributed by atoms with van der Waals surface area (Å²) in [6, 6.07) is 9.25. The average molecular weight is 349 g/mol. The van der Waals surface area contributed by atoms with Crippen LogP contribution in [-0.2, 0) is 10.0 Å². The maximum absolute atomic E-state index is 12.5. The van der Waals surface area contributed by atoms with E-state index in [9.17, 15) is 13.2 Å². The van der Waals surface area contributed by atoms with Crippen LogP contribution < -0.4 is 10.5 Å². The number of aromatic nitrogens is 1. The molecule has 0 atom stereocenters. The van der Waals surface area contributed by atoms with Gasteiger partial charge < -0.3 is 10.3 Å². The lowest BCUT2D eigenvalue weighted by Gasteiger charge is -2.09. The Morgan fingerprint density at radius 2 is 2.04 bits per heavy atom. The summed E-state index contributed by atoms with van der Waals surface area (Å²) in [7, 11) is -3.84. The van der Waals surface area contributed by atoms with Gasteiger partial charge in [0.05, 0.1) is 17.4 Å². The quantitative estimate of drug-likeness (QED) is 0.733. The van der Waals surface area contributed by atoms with Gasteiger partial charge in [0.25, 0.3) is 15.9 Å². The fourth-order valence-corrected chi connectivity index (χ4v) is 4.18. The van der Waals surface area contributed by atoms with Gasteiger partial charge in [-0.2, -0.15) is 0 Å². The van der Waals surface area contributed by atoms with Gasteiger partial charge in [0.15, 0.2) is 5.76 Å². The SMILES string of the molecule is NC(=O)c1ccccc1NS(=O)(=O)c1cc(-c2ccno2)cs1. The van der Waals surface area contributed by atoms with Crippen LogP contribution in [0.5, 0.6) is 0 Å². The van der Waals surface area contributed by atoms with E-state index in [4.69, 9.17) is 10.3 Å². The molecule has 0 spiro atoms. The molecule has 0 saturated heterocycles. The van der Waals surface area contributed by atoms with E-state index in [2.05, 4.69) is 9.88 Å². The molecular weight excluding hydrogens is 338 g/mol. The first kappa shape index (κ1) is 15.3. The van der Waals surface area contributed by atoms with Gasteiger partial charge in [-0.05, 0) is 18.2 Å². The molecule has 2 heterocycles. The Bertz CT molecular complexity index is 946. The number of nitrogens with zero attached hydrogens (tertiary/aromatic N) is 1. The second kappa shape index (κ2) is 5.86. The number of nitrogens with two attached hydrogens (primary N) is 1. The number of sulfonamides is 1. The molecule has 3 aromatic rings. The number of carbonyl (C=O) groups is 1. The van der Waals surface area contributed by atoms with E-state index < -0.39 is 15.9 Å². The molecule has 23 heavy (non-hydrogen) atoms. The number of benzene rings is 1. The smallest absolute Gasteiger partial charge is 0.271 e. The van der Waals surface area contributed by atoms with Crippen LogP contribution in [0.1, 0.15) is 10.4 Å². The van der Waals surface area contributed by atoms with Gasteiger partial charge in [0.2, 0.25) is 0 Å². The molecule has 0 unspecified atom stereocenters. The minimum absolute atomic E-state index is 0.0863. The van der Waals surface area contributed by atoms with Crippen molar-refractivity contribution in [2.45, 2.75) is 4.21 Å². The molecule has 1 aromatic carbocycles. The monoisotopic (exact) mass is 349 g/mol. The average Bonchev–Trinajstić information content (AvgIpc) is 3.18. The number of primary amides is 1. The number of hydrogen-bond donors (Lipinski definition) is 2. The van der Waals surface area contributed by atoms with Crippen molar-refractivity contribution in [2.75, 3.05) is 4.72 Å². The Balaban J connectivity index is 1.93. The zero-order valence-corrected chi connectivity index (χ0v) is 13.2. The first-order valence-corrected chi connectivity index (χ1v) is 8.75. The molecule has 3 rings (SSSR count). The van der Waals surface area contributed by atoms with Crippen molar-refractivity contribution in [3.63, 3.8) is 0 Å². The van der Waals surface area contributed by atoms with Crippen LogP contribution in [0.4, 0.5) is 5.69 Å². The standard InChI is InChI=1S/C14H11N3O4S2/c15-14(18)10-3-1-2-4-11(10)17-23(19,20)13-7-9(8-22-13)12-5-6-16-21-12/h1-8,17H,(H2,15,18). The first-order chi connectivity index (χ1) is 11.0. The first-order valence-electron chi connectivity index (χ1n) is 6.38. The second-order valence-corrected chi connectivity index (χ2v) is 7.37. The molecular formula is C14H11N3O4S2. The van der Waals surface area contributed by atoms with Gasteiger partial charge in [0.1, 0.15) is 4.21 Å². The van der Waals surface area contributed by atoms with Crippen molar-refractivity contribution in [3.05, 3.63) is 53.5 Å². The lowest BCUT2D eigenvalue weighted by atomic mass is 10.2. The summed E-state index contributed by atoms with van der Waals surface area (Å²) in [6.45, 7) is 0. The summed E-state index contributed by atoms with van der Waals surface area (Å²) in [4.78, 5) is 11.4. The van der Waals surface area contributed by atoms with Crippen molar-refractivity contribution in [1.29, 1.82) is 0 Å². The zero-order chi connectivity index (χ0) is 16.4. The molecule has 0 radical (unpaired) electrons. The molecule has 0 bridgehead atoms. The Hall–Kier alpha value is -2.65. The Morgan fingerprint density at radius 3 is 2.74 bits per heavy atom. The number of rotatable bonds is 5. The topological polar surface area (TPSA) is 115 Å². The minimum Gasteiger partial charge on any atom is -0.366 e. The van der Waals surface area contributed by atoms with Crippen molar-refractivity contribution < 1.29 is 17.7 Å². The van der Waals surface area contributed by atoms with Crippen LogP contribution in [0, 0.1) is 0 Å². The fourth-order valence-electron chi connectivity index (χ4n) is 1.93. The number of thiophene rings is 1. The van der Waals surface area contributed by atoms with E-state index in [-0.39, 0.29) is 15.5 Å². The predicted octanol–water partition coefficient (Wildman–Crippen LogP) is 2.30. The highest BCUT2D eigenvalue weighted by Gasteiger charge is 2.20. The Morgan fingerprint density at radius 1 is 1.26 bits per heavy atom. The molecule has 3 N–H and O–H groups in total. The van der Waals surface area contributed by atoms with E-state index in [1.54, 1.807) is 23.6 Å². The third-order valence-electron chi connectivity index (χ3n) is 3.00. The molecule has 0 saturated carbocycles. The highest BCUT2D eigenvalue weighted by molar-refractivity contribution is 7.94. The Kier molecular flexibility index (Phi) is 3.89. The van der Waals surface area contributed by atoms with Crippen LogP contribution in [0.2, 0.25) is 0 Å². The zero-order valence-electron chi connectivity index (χ0n) is 11.6. The summed E-state index contributed by atoms with van der Waals surface area (Å²) in [5.41, 5.74) is 6.09. The highest BCUT2D eigenvalue weighted by Crippen LogP contribution is 2.30. The second-order valence-electron chi connectivity index (χ2n) is 4.55. The van der Waals surface area contributed by atoms with Crippen molar-refractivity contribution in [1.82, 2.24) is 5.16 Å². The largest absolute Gasteiger partial charge is 0.366 e. The molecule has 2 aromatic heterocycles. The van der Waals surface area contributed by atoms with E-state index in [1.165, 1.54) is 24.4 Å². The highest BCUT2D eigenvalue weighted by atomic mass is 32.2. The van der Waals surface area contributed by atoms with Crippen LogP contribution in [0.25, 0.3) is 11.3 Å². The van der Waals surface area contributed by atoms with Crippen LogP contribution in [-0.4, -0.2) is 19.5 Å². The van der Waals surface area contributed by atoms with E-state index >= 15 is 0 Å². The minimum atomic E-state index is -3.84. The van der Waals surface area contributed by atoms with E-state index in [0.717, 1.165) is 11.3 Å². The van der Waals surface area contributed by atoms with E-state index in [1.807, 2.05) is 0 Å². The van der Waals surface area contributed by atoms with Crippen molar-refractivity contribution in [3.8, 4) is 11.3 Å². The number of carbonyl (C=O) groups excluding carboxylic acids is 1. The van der Waals surface area contributed by atoms with Crippen LogP contribution in [0.3, 0.4) is 0 Å². The van der Waals surface area contributed by atoms with Gasteiger partial charge in [-0.25, -0.2) is 8.42 Å². The third kappa shape index (κ3) is 3.10. The predicted molar refractivity (Wildman–Crippen MR) is 85.6 cm³/mol. The molecule has 0 aliphatic carbocycles. The summed E-state index contributed by atoms with van der Waals surface area (Å²) >= 11 is 1.03. The van der Waals surface area contributed by atoms with E-state index in [0.29, 0.717) is 11.3 Å². The summed E-state index contributed by atoms with van der Waals surface area (Å²) in [5, 5.41) is 5.23. The lowest BCUT2D eigenvalue weighted by molar-refractivity contribution is 0.100. The molecule has 0 aliphatic rings. The van der Waals surface area contributed by atoms with Crippen molar-refractivity contribution >= 4 is 33.0 Å². The lowest BCUT2D eigenvalue weighted by Crippen LogP contribution is -2.18. The van der Waals surface area contributed by atoms with Crippen molar-refractivity contribution in [2.24, 2.45) is 5.73 Å². The van der Waals surface area contributed by atoms with Gasteiger partial charge in [0, 0.05) is 17.0 Å². The van der Waals surface area contributed by atoms with Crippen LogP contribution >= 0.6 is 11.3 Å². The van der Waals surface area contributed by atoms with Crippen LogP contribution in [0.15, 0.2) is 56.7 Å². The fraction of sp³-hybridized carbons (Fsp3) is 0. The number of hydrogen-bond acceptors (Lipinski definition) is 6. The summed E-state index contributed by atoms with van der Waals surface area (Å²) < 4.78 is 32.4. The number of nitrogens with one attached hydrogen (secondary N) is 1. The molecule has 0 aliphatic heterocycles. The third-order valence-corrected chi connectivity index (χ3v) is 5.80. The number of anilines is 1. The Labute approximate surface area is 135 Å². The van der Waals surface area contributed by atoms with Gasteiger partial charge in [-0.1, -0.05) is 17.3 Å². The van der Waals surface area contributed by atoms with Gasteiger partial charge >= 0.3 is 0 Å². The van der Waals surface area contributed by atoms with Gasteiger partial charge in [-0.15, -0.1) is 11.3 Å². The van der Waals surface area contributed by atoms with Gasteiger partial charge in [-0.3, -0.25) is 9.52 Å². The maximum atomic E-state index is 12.5. The normalized spacial score (nSPS) is 11.3. The molecule has 9 heteroatoms. The summed E-state index contributed by atoms with van der Waals surface area (Å²) in [5.74, 6) is -0.239. The molecule has 1 amide bonds. The molecule has 118 valence electrons.